The number of imide groups is 1. The van der Waals surface area contributed by atoms with Crippen LogP contribution in [0, 0.1) is 17.8 Å². The van der Waals surface area contributed by atoms with Crippen molar-refractivity contribution in [2.75, 3.05) is 12.0 Å². The molecule has 4 atom stereocenters. The van der Waals surface area contributed by atoms with E-state index in [-0.39, 0.29) is 52.6 Å². The van der Waals surface area contributed by atoms with Gasteiger partial charge in [-0.25, -0.2) is 4.79 Å². The highest BCUT2D eigenvalue weighted by Crippen LogP contribution is 2.56. The summed E-state index contributed by atoms with van der Waals surface area (Å²) in [5.74, 6) is -5.28. The minimum Gasteiger partial charge on any atom is -0.507 e. The number of carbonyl (C=O) groups excluding carboxylic acids is 4. The van der Waals surface area contributed by atoms with E-state index in [2.05, 4.69) is 0 Å². The molecule has 2 amide bonds. The number of carboxylic acid groups (broad SMARTS) is 1. The fraction of sp³-hybridized carbons (Fsp3) is 0.258. The van der Waals surface area contributed by atoms with Crippen LogP contribution in [0.3, 0.4) is 0 Å². The molecule has 2 aromatic carbocycles. The second kappa shape index (κ2) is 9.15. The van der Waals surface area contributed by atoms with E-state index in [0.717, 1.165) is 4.90 Å². The third-order valence-corrected chi connectivity index (χ3v) is 8.46. The Morgan fingerprint density at radius 2 is 1.80 bits per heavy atom. The fourth-order valence-electron chi connectivity index (χ4n) is 6.64. The summed E-state index contributed by atoms with van der Waals surface area (Å²) >= 11 is 0. The Labute approximate surface area is 229 Å². The first-order chi connectivity index (χ1) is 19.1. The lowest BCUT2D eigenvalue weighted by Gasteiger charge is -2.42. The second-order valence-electron chi connectivity index (χ2n) is 10.5. The van der Waals surface area contributed by atoms with Crippen LogP contribution in [0.15, 0.2) is 76.9 Å². The molecule has 4 aliphatic rings. The van der Waals surface area contributed by atoms with Crippen LogP contribution >= 0.6 is 0 Å². The lowest BCUT2D eigenvalue weighted by Crippen LogP contribution is -2.39. The first kappa shape index (κ1) is 25.5. The Morgan fingerprint density at radius 3 is 2.50 bits per heavy atom. The molecule has 1 aliphatic heterocycles. The van der Waals surface area contributed by atoms with Gasteiger partial charge in [0.25, 0.3) is 0 Å². The Hall–Kier alpha value is -4.79. The molecule has 6 rings (SSSR count). The molecule has 0 aromatic heterocycles. The lowest BCUT2D eigenvalue weighted by atomic mass is 9.59. The van der Waals surface area contributed by atoms with Crippen molar-refractivity contribution in [2.24, 2.45) is 17.8 Å². The molecule has 9 nitrogen and oxygen atoms in total. The highest BCUT2D eigenvalue weighted by atomic mass is 16.5. The number of ketones is 2. The number of hydrogen-bond donors (Lipinski definition) is 2. The molecule has 40 heavy (non-hydrogen) atoms. The predicted octanol–water partition coefficient (Wildman–Crippen LogP) is 3.73. The van der Waals surface area contributed by atoms with Gasteiger partial charge in [0.2, 0.25) is 11.8 Å². The van der Waals surface area contributed by atoms with Gasteiger partial charge in [-0.15, -0.1) is 0 Å². The van der Waals surface area contributed by atoms with E-state index in [1.807, 2.05) is 6.08 Å². The fourth-order valence-corrected chi connectivity index (χ4v) is 6.64. The Kier molecular flexibility index (Phi) is 5.83. The average molecular weight is 540 g/mol. The Morgan fingerprint density at radius 1 is 1.02 bits per heavy atom. The van der Waals surface area contributed by atoms with Crippen LogP contribution < -0.4 is 9.64 Å². The smallest absolute Gasteiger partial charge is 0.335 e. The van der Waals surface area contributed by atoms with Gasteiger partial charge in [-0.2, -0.15) is 0 Å². The van der Waals surface area contributed by atoms with Crippen LogP contribution in [0.1, 0.15) is 41.6 Å². The van der Waals surface area contributed by atoms with E-state index in [9.17, 15) is 34.2 Å². The number of methoxy groups -OCH3 is 1. The van der Waals surface area contributed by atoms with Crippen LogP contribution in [-0.4, -0.2) is 46.7 Å². The Balaban J connectivity index is 1.48. The first-order valence-electron chi connectivity index (χ1n) is 12.9. The number of fused-ring (bicyclic) bond motifs is 3. The SMILES string of the molecule is COc1ccc([C@H]2C3=CC[C@@H]4C(=O)N(c5cccc(C(=O)O)c5)C(=O)[C@@H]4[C@@H]3CC3=C2C(=O)C(C)=CC3=O)c(O)c1. The maximum Gasteiger partial charge on any atom is 0.335 e. The van der Waals surface area contributed by atoms with E-state index in [4.69, 9.17) is 4.74 Å². The van der Waals surface area contributed by atoms with Crippen LogP contribution in [0.25, 0.3) is 0 Å². The topological polar surface area (TPSA) is 138 Å². The van der Waals surface area contributed by atoms with Crippen LogP contribution in [0.4, 0.5) is 5.69 Å². The van der Waals surface area contributed by atoms with Crippen molar-refractivity contribution in [3.8, 4) is 11.5 Å². The van der Waals surface area contributed by atoms with Gasteiger partial charge < -0.3 is 14.9 Å². The van der Waals surface area contributed by atoms with Gasteiger partial charge in [0, 0.05) is 34.3 Å². The number of aromatic hydroxyl groups is 1. The molecule has 0 spiro atoms. The monoisotopic (exact) mass is 539 g/mol. The highest BCUT2D eigenvalue weighted by molar-refractivity contribution is 6.25. The minimum atomic E-state index is -1.18. The lowest BCUT2D eigenvalue weighted by molar-refractivity contribution is -0.123. The number of anilines is 1. The third-order valence-electron chi connectivity index (χ3n) is 8.46. The molecule has 2 aromatic rings. The zero-order valence-corrected chi connectivity index (χ0v) is 21.7. The van der Waals surface area contributed by atoms with Crippen LogP contribution in [0.5, 0.6) is 11.5 Å². The summed E-state index contributed by atoms with van der Waals surface area (Å²) in [6, 6.07) is 10.4. The zero-order chi connectivity index (χ0) is 28.5. The number of hydrogen-bond acceptors (Lipinski definition) is 7. The highest BCUT2D eigenvalue weighted by Gasteiger charge is 2.56. The maximum atomic E-state index is 13.9. The third kappa shape index (κ3) is 3.65. The van der Waals surface area contributed by atoms with Gasteiger partial charge in [-0.05, 0) is 56.0 Å². The van der Waals surface area contributed by atoms with Crippen molar-refractivity contribution in [3.63, 3.8) is 0 Å². The molecule has 3 aliphatic carbocycles. The van der Waals surface area contributed by atoms with Crippen molar-refractivity contribution >= 4 is 35.0 Å². The molecule has 0 saturated carbocycles. The molecule has 2 N–H and O–H groups in total. The molecular weight excluding hydrogens is 514 g/mol. The molecule has 202 valence electrons. The van der Waals surface area contributed by atoms with E-state index < -0.39 is 41.5 Å². The standard InChI is InChI=1S/C31H25NO8/c1-14-10-23(33)22-13-21-18(25(27(22)28(14)35)19-7-6-17(40-2)12-24(19)34)8-9-20-26(21)30(37)32(29(20)36)16-5-3-4-15(11-16)31(38)39/h3-8,10-12,20-21,25-26,34H,9,13H2,1-2H3,(H,38,39)/t20-,21+,25+,26-/m0/s1. The summed E-state index contributed by atoms with van der Waals surface area (Å²) in [5, 5.41) is 20.4. The summed E-state index contributed by atoms with van der Waals surface area (Å²) in [6.45, 7) is 1.58. The summed E-state index contributed by atoms with van der Waals surface area (Å²) in [6.07, 6.45) is 3.49. The summed E-state index contributed by atoms with van der Waals surface area (Å²) in [7, 11) is 1.47. The quantitative estimate of drug-likeness (QED) is 0.341. The number of allylic oxidation sites excluding steroid dienone is 6. The first-order valence-corrected chi connectivity index (χ1v) is 12.9. The van der Waals surface area contributed by atoms with Gasteiger partial charge in [0.15, 0.2) is 11.6 Å². The number of carboxylic acids is 1. The van der Waals surface area contributed by atoms with Crippen molar-refractivity contribution in [3.05, 3.63) is 88.0 Å². The Bertz CT molecular complexity index is 1640. The molecule has 9 heteroatoms. The number of aromatic carboxylic acids is 1. The molecule has 1 fully saturated rings. The number of phenols is 1. The molecule has 1 saturated heterocycles. The molecule has 0 bridgehead atoms. The number of amides is 2. The predicted molar refractivity (Wildman–Crippen MR) is 142 cm³/mol. The zero-order valence-electron chi connectivity index (χ0n) is 21.7. The molecular formula is C31H25NO8. The largest absolute Gasteiger partial charge is 0.507 e. The normalized spacial score (nSPS) is 25.7. The van der Waals surface area contributed by atoms with Crippen molar-refractivity contribution in [2.45, 2.75) is 25.7 Å². The summed E-state index contributed by atoms with van der Waals surface area (Å²) < 4.78 is 5.22. The van der Waals surface area contributed by atoms with Gasteiger partial charge in [-0.1, -0.05) is 23.8 Å². The van der Waals surface area contributed by atoms with Crippen molar-refractivity contribution in [1.29, 1.82) is 0 Å². The van der Waals surface area contributed by atoms with Crippen molar-refractivity contribution in [1.82, 2.24) is 0 Å². The number of benzene rings is 2. The summed E-state index contributed by atoms with van der Waals surface area (Å²) in [4.78, 5) is 66.8. The van der Waals surface area contributed by atoms with E-state index in [1.54, 1.807) is 19.1 Å². The maximum absolute atomic E-state index is 13.9. The number of nitrogens with zero attached hydrogens (tertiary/aromatic N) is 1. The van der Waals surface area contributed by atoms with Crippen LogP contribution in [0.2, 0.25) is 0 Å². The summed E-state index contributed by atoms with van der Waals surface area (Å²) in [5.41, 5.74) is 2.10. The van der Waals surface area contributed by atoms with E-state index in [1.165, 1.54) is 43.5 Å². The number of Topliss-reactive ketones (excluding diaryl/α,β-unsaturated/α-hetero) is 1. The van der Waals surface area contributed by atoms with E-state index >= 15 is 0 Å². The van der Waals surface area contributed by atoms with Crippen LogP contribution in [-0.2, 0) is 19.2 Å². The molecule has 0 unspecified atom stereocenters. The second-order valence-corrected chi connectivity index (χ2v) is 10.5. The van der Waals surface area contributed by atoms with Gasteiger partial charge >= 0.3 is 5.97 Å². The van der Waals surface area contributed by atoms with E-state index in [0.29, 0.717) is 22.5 Å². The average Bonchev–Trinajstić information content (AvgIpc) is 3.20. The van der Waals surface area contributed by atoms with Gasteiger partial charge in [0.1, 0.15) is 11.5 Å². The van der Waals surface area contributed by atoms with Crippen molar-refractivity contribution < 1.29 is 38.9 Å². The number of carbonyl (C=O) groups is 5. The molecule has 1 heterocycles. The number of phenolic OH excluding ortho intramolecular Hbond substituents is 1. The molecule has 0 radical (unpaired) electrons. The van der Waals surface area contributed by atoms with Gasteiger partial charge in [-0.3, -0.25) is 24.1 Å². The number of rotatable bonds is 4. The number of ether oxygens (including phenoxy) is 1. The minimum absolute atomic E-state index is 0.0530. The van der Waals surface area contributed by atoms with Gasteiger partial charge in [0.05, 0.1) is 30.2 Å².